The van der Waals surface area contributed by atoms with Crippen molar-refractivity contribution in [1.82, 2.24) is 0 Å². The Morgan fingerprint density at radius 3 is 2.61 bits per heavy atom. The van der Waals surface area contributed by atoms with E-state index in [9.17, 15) is 13.2 Å². The molecule has 0 aromatic heterocycles. The number of hydrogen-bond acceptors (Lipinski definition) is 4. The number of thiocarbonyl (C=S) groups is 1. The normalized spacial score (nSPS) is 11.0. The molecule has 0 heterocycles. The maximum absolute atomic E-state index is 11.5. The third-order valence-electron chi connectivity index (χ3n) is 1.91. The molecule has 0 aliphatic rings. The zero-order valence-corrected chi connectivity index (χ0v) is 12.7. The second kappa shape index (κ2) is 5.77. The van der Waals surface area contributed by atoms with Gasteiger partial charge in [0, 0.05) is 16.3 Å². The molecule has 1 amide bonds. The first kappa shape index (κ1) is 15.1. The number of benzene rings is 1. The number of nitrogens with two attached hydrogens (primary N) is 1. The SMILES string of the molecule is CS(=O)(=O)CC(=O)Nc1cc(Br)ccc1C(N)=S. The van der Waals surface area contributed by atoms with Gasteiger partial charge in [-0.15, -0.1) is 0 Å². The first-order valence-electron chi connectivity index (χ1n) is 4.76. The number of sulfone groups is 1. The minimum atomic E-state index is -3.37. The molecule has 0 radical (unpaired) electrons. The summed E-state index contributed by atoms with van der Waals surface area (Å²) in [6.45, 7) is 0. The lowest BCUT2D eigenvalue weighted by molar-refractivity contribution is -0.113. The Bertz CT molecular complexity index is 599. The summed E-state index contributed by atoms with van der Waals surface area (Å²) < 4.78 is 22.7. The summed E-state index contributed by atoms with van der Waals surface area (Å²) in [5, 5.41) is 2.47. The van der Waals surface area contributed by atoms with E-state index in [1.807, 2.05) is 0 Å². The van der Waals surface area contributed by atoms with E-state index in [0.29, 0.717) is 11.3 Å². The molecule has 0 aliphatic carbocycles. The minimum Gasteiger partial charge on any atom is -0.389 e. The number of halogens is 1. The van der Waals surface area contributed by atoms with Gasteiger partial charge in [-0.25, -0.2) is 8.42 Å². The van der Waals surface area contributed by atoms with Crippen LogP contribution in [0, 0.1) is 0 Å². The third-order valence-corrected chi connectivity index (χ3v) is 3.41. The minimum absolute atomic E-state index is 0.122. The van der Waals surface area contributed by atoms with E-state index < -0.39 is 21.5 Å². The van der Waals surface area contributed by atoms with Crippen molar-refractivity contribution in [3.8, 4) is 0 Å². The van der Waals surface area contributed by atoms with Crippen LogP contribution >= 0.6 is 28.1 Å². The Morgan fingerprint density at radius 1 is 1.50 bits per heavy atom. The van der Waals surface area contributed by atoms with Crippen LogP contribution < -0.4 is 11.1 Å². The van der Waals surface area contributed by atoms with E-state index >= 15 is 0 Å². The first-order chi connectivity index (χ1) is 8.19. The van der Waals surface area contributed by atoms with Crippen molar-refractivity contribution in [3.63, 3.8) is 0 Å². The van der Waals surface area contributed by atoms with Gasteiger partial charge < -0.3 is 11.1 Å². The number of nitrogens with one attached hydrogen (secondary N) is 1. The standard InChI is InChI=1S/C10H11BrN2O3S2/c1-18(15,16)5-9(14)13-8-4-6(11)2-3-7(8)10(12)17/h2-4H,5H2,1H3,(H2,12,17)(H,13,14). The van der Waals surface area contributed by atoms with Crippen LogP contribution in [0.4, 0.5) is 5.69 Å². The van der Waals surface area contributed by atoms with Crippen LogP contribution in [-0.2, 0) is 14.6 Å². The predicted octanol–water partition coefficient (Wildman–Crippen LogP) is 1.07. The van der Waals surface area contributed by atoms with E-state index in [0.717, 1.165) is 10.7 Å². The number of rotatable bonds is 4. The lowest BCUT2D eigenvalue weighted by Gasteiger charge is -2.10. The van der Waals surface area contributed by atoms with Gasteiger partial charge >= 0.3 is 0 Å². The molecule has 0 bridgehead atoms. The van der Waals surface area contributed by atoms with Gasteiger partial charge in [0.15, 0.2) is 9.84 Å². The van der Waals surface area contributed by atoms with Gasteiger partial charge in [-0.3, -0.25) is 4.79 Å². The number of anilines is 1. The number of carbonyl (C=O) groups excluding carboxylic acids is 1. The Kier molecular flexibility index (Phi) is 4.83. The topological polar surface area (TPSA) is 89.3 Å². The average Bonchev–Trinajstić information content (AvgIpc) is 2.13. The van der Waals surface area contributed by atoms with Crippen molar-refractivity contribution in [3.05, 3.63) is 28.2 Å². The highest BCUT2D eigenvalue weighted by molar-refractivity contribution is 9.10. The Morgan fingerprint density at radius 2 is 2.11 bits per heavy atom. The monoisotopic (exact) mass is 350 g/mol. The fourth-order valence-corrected chi connectivity index (χ4v) is 2.35. The molecule has 1 rings (SSSR count). The van der Waals surface area contributed by atoms with Crippen molar-refractivity contribution in [1.29, 1.82) is 0 Å². The van der Waals surface area contributed by atoms with E-state index in [2.05, 4.69) is 21.2 Å². The highest BCUT2D eigenvalue weighted by Crippen LogP contribution is 2.21. The molecule has 18 heavy (non-hydrogen) atoms. The molecule has 1 aromatic rings. The molecule has 0 atom stereocenters. The maximum atomic E-state index is 11.5. The van der Waals surface area contributed by atoms with Crippen molar-refractivity contribution in [2.75, 3.05) is 17.3 Å². The number of carbonyl (C=O) groups is 1. The summed E-state index contributed by atoms with van der Waals surface area (Å²) in [5.41, 5.74) is 6.38. The zero-order valence-electron chi connectivity index (χ0n) is 9.44. The predicted molar refractivity (Wildman–Crippen MR) is 78.4 cm³/mol. The second-order valence-corrected chi connectivity index (χ2v) is 7.17. The lowest BCUT2D eigenvalue weighted by Crippen LogP contribution is -2.23. The van der Waals surface area contributed by atoms with Gasteiger partial charge in [0.25, 0.3) is 0 Å². The van der Waals surface area contributed by atoms with Crippen LogP contribution in [0.3, 0.4) is 0 Å². The smallest absolute Gasteiger partial charge is 0.239 e. The molecule has 0 saturated carbocycles. The Balaban J connectivity index is 3.00. The molecule has 98 valence electrons. The summed E-state index contributed by atoms with van der Waals surface area (Å²) in [6.07, 6.45) is 0.988. The second-order valence-electron chi connectivity index (χ2n) is 3.67. The molecule has 8 heteroatoms. The molecule has 0 spiro atoms. The average molecular weight is 351 g/mol. The van der Waals surface area contributed by atoms with Crippen LogP contribution in [0.5, 0.6) is 0 Å². The molecular weight excluding hydrogens is 340 g/mol. The zero-order chi connectivity index (χ0) is 13.9. The molecule has 3 N–H and O–H groups in total. The van der Waals surface area contributed by atoms with Crippen LogP contribution in [0.15, 0.2) is 22.7 Å². The van der Waals surface area contributed by atoms with Crippen LogP contribution in [0.2, 0.25) is 0 Å². The van der Waals surface area contributed by atoms with E-state index in [4.69, 9.17) is 18.0 Å². The fraction of sp³-hybridized carbons (Fsp3) is 0.200. The van der Waals surface area contributed by atoms with Crippen molar-refractivity contribution >= 4 is 54.6 Å². The molecule has 1 aromatic carbocycles. The summed E-state index contributed by atoms with van der Waals surface area (Å²) in [6, 6.07) is 4.97. The Labute approximate surface area is 119 Å². The van der Waals surface area contributed by atoms with E-state index in [-0.39, 0.29) is 4.99 Å². The summed E-state index contributed by atoms with van der Waals surface area (Å²) in [4.78, 5) is 11.6. The van der Waals surface area contributed by atoms with Gasteiger partial charge in [-0.05, 0) is 18.2 Å². The highest BCUT2D eigenvalue weighted by atomic mass is 79.9. The molecule has 0 aliphatic heterocycles. The first-order valence-corrected chi connectivity index (χ1v) is 8.02. The van der Waals surface area contributed by atoms with E-state index in [1.165, 1.54) is 0 Å². The Hall–Kier alpha value is -0.990. The van der Waals surface area contributed by atoms with Gasteiger partial charge in [-0.1, -0.05) is 28.1 Å². The lowest BCUT2D eigenvalue weighted by atomic mass is 10.2. The van der Waals surface area contributed by atoms with Crippen molar-refractivity contribution < 1.29 is 13.2 Å². The molecular formula is C10H11BrN2O3S2. The maximum Gasteiger partial charge on any atom is 0.239 e. The van der Waals surface area contributed by atoms with Crippen LogP contribution in [0.1, 0.15) is 5.56 Å². The van der Waals surface area contributed by atoms with Gasteiger partial charge in [0.2, 0.25) is 5.91 Å². The molecule has 0 saturated heterocycles. The van der Waals surface area contributed by atoms with Crippen molar-refractivity contribution in [2.24, 2.45) is 5.73 Å². The van der Waals surface area contributed by atoms with Crippen LogP contribution in [-0.4, -0.2) is 31.3 Å². The van der Waals surface area contributed by atoms with Crippen molar-refractivity contribution in [2.45, 2.75) is 0 Å². The third kappa shape index (κ3) is 4.71. The summed E-state index contributed by atoms with van der Waals surface area (Å²) in [5.74, 6) is -1.22. The molecule has 5 nitrogen and oxygen atoms in total. The van der Waals surface area contributed by atoms with Gasteiger partial charge in [0.05, 0.1) is 5.69 Å². The van der Waals surface area contributed by atoms with E-state index in [1.54, 1.807) is 18.2 Å². The molecule has 0 fully saturated rings. The largest absolute Gasteiger partial charge is 0.389 e. The summed E-state index contributed by atoms with van der Waals surface area (Å²) in [7, 11) is -3.37. The summed E-state index contributed by atoms with van der Waals surface area (Å²) >= 11 is 8.09. The number of hydrogen-bond donors (Lipinski definition) is 2. The fourth-order valence-electron chi connectivity index (χ4n) is 1.26. The van der Waals surface area contributed by atoms with Gasteiger partial charge in [-0.2, -0.15) is 0 Å². The quantitative estimate of drug-likeness (QED) is 0.792. The van der Waals surface area contributed by atoms with Crippen LogP contribution in [0.25, 0.3) is 0 Å². The van der Waals surface area contributed by atoms with Gasteiger partial charge in [0.1, 0.15) is 10.7 Å². The number of amides is 1. The highest BCUT2D eigenvalue weighted by Gasteiger charge is 2.14. The molecule has 0 unspecified atom stereocenters.